The molecule has 1 N–H and O–H groups in total. The maximum atomic E-state index is 13.4. The highest BCUT2D eigenvalue weighted by Gasteiger charge is 2.59. The lowest BCUT2D eigenvalue weighted by Crippen LogP contribution is -2.35. The van der Waals surface area contributed by atoms with Gasteiger partial charge in [0.05, 0.1) is 23.8 Å². The Hall–Kier alpha value is -3.06. The smallest absolute Gasteiger partial charge is 0.407 e. The summed E-state index contributed by atoms with van der Waals surface area (Å²) < 4.78 is 7.47. The Kier molecular flexibility index (Phi) is 5.12. The van der Waals surface area contributed by atoms with Crippen molar-refractivity contribution in [2.45, 2.75) is 57.7 Å². The largest absolute Gasteiger partial charge is 0.444 e. The molecule has 7 nitrogen and oxygen atoms in total. The fraction of sp³-hybridized carbons (Fsp3) is 0.400. The van der Waals surface area contributed by atoms with Crippen LogP contribution in [0.5, 0.6) is 0 Å². The molecule has 8 heteroatoms. The Balaban J connectivity index is 1.42. The Morgan fingerprint density at radius 3 is 2.76 bits per heavy atom. The molecule has 1 spiro atoms. The minimum absolute atomic E-state index is 0.146. The number of halogens is 1. The van der Waals surface area contributed by atoms with E-state index in [1.807, 2.05) is 49.9 Å². The summed E-state index contributed by atoms with van der Waals surface area (Å²) in [4.78, 5) is 31.6. The minimum Gasteiger partial charge on any atom is -0.444 e. The van der Waals surface area contributed by atoms with Crippen molar-refractivity contribution in [1.29, 1.82) is 0 Å². The number of ether oxygens (including phenoxy) is 1. The fourth-order valence-corrected chi connectivity index (χ4v) is 4.87. The number of aromatic nitrogens is 2. The van der Waals surface area contributed by atoms with E-state index < -0.39 is 11.7 Å². The van der Waals surface area contributed by atoms with E-state index in [0.717, 1.165) is 40.7 Å². The van der Waals surface area contributed by atoms with Gasteiger partial charge in [-0.3, -0.25) is 9.78 Å². The van der Waals surface area contributed by atoms with E-state index in [1.54, 1.807) is 12.4 Å². The highest BCUT2D eigenvalue weighted by Crippen LogP contribution is 2.57. The molecule has 5 rings (SSSR count). The number of hydrogen-bond acceptors (Lipinski definition) is 4. The summed E-state index contributed by atoms with van der Waals surface area (Å²) in [6, 6.07) is 9.78. The molecule has 1 saturated carbocycles. The normalized spacial score (nSPS) is 16.4. The predicted octanol–water partition coefficient (Wildman–Crippen LogP) is 4.79. The SMILES string of the molecule is CC(C)(C)OC(=O)NCCn1c(CN2C(=O)C3(CC3)c3ccncc32)cc2cc(Cl)ccc21. The van der Waals surface area contributed by atoms with Gasteiger partial charge in [-0.25, -0.2) is 4.79 Å². The summed E-state index contributed by atoms with van der Waals surface area (Å²) in [6.45, 7) is 6.86. The van der Waals surface area contributed by atoms with Crippen molar-refractivity contribution in [3.05, 3.63) is 59.0 Å². The Morgan fingerprint density at radius 1 is 1.24 bits per heavy atom. The molecule has 2 aliphatic rings. The van der Waals surface area contributed by atoms with Gasteiger partial charge in [-0.15, -0.1) is 0 Å². The van der Waals surface area contributed by atoms with Crippen LogP contribution in [-0.2, 0) is 28.0 Å². The van der Waals surface area contributed by atoms with Gasteiger partial charge in [0.25, 0.3) is 0 Å². The highest BCUT2D eigenvalue weighted by atomic mass is 35.5. The number of alkyl carbamates (subject to hydrolysis) is 1. The molecule has 0 saturated heterocycles. The fourth-order valence-electron chi connectivity index (χ4n) is 4.69. The minimum atomic E-state index is -0.553. The maximum Gasteiger partial charge on any atom is 0.407 e. The van der Waals surface area contributed by atoms with Gasteiger partial charge >= 0.3 is 6.09 Å². The van der Waals surface area contributed by atoms with E-state index in [-0.39, 0.29) is 11.3 Å². The van der Waals surface area contributed by atoms with Crippen molar-refractivity contribution in [2.24, 2.45) is 0 Å². The van der Waals surface area contributed by atoms with E-state index in [1.165, 1.54) is 0 Å². The summed E-state index contributed by atoms with van der Waals surface area (Å²) in [7, 11) is 0. The molecule has 0 atom stereocenters. The topological polar surface area (TPSA) is 76.5 Å². The van der Waals surface area contributed by atoms with Crippen molar-refractivity contribution in [1.82, 2.24) is 14.9 Å². The Morgan fingerprint density at radius 2 is 2.03 bits per heavy atom. The predicted molar refractivity (Wildman–Crippen MR) is 128 cm³/mol. The van der Waals surface area contributed by atoms with E-state index in [9.17, 15) is 9.59 Å². The lowest BCUT2D eigenvalue weighted by molar-refractivity contribution is -0.120. The molecule has 3 aromatic rings. The number of amides is 2. The number of carbonyl (C=O) groups is 2. The zero-order chi connectivity index (χ0) is 23.4. The average molecular weight is 467 g/mol. The van der Waals surface area contributed by atoms with Crippen molar-refractivity contribution >= 4 is 40.2 Å². The quantitative estimate of drug-likeness (QED) is 0.586. The van der Waals surface area contributed by atoms with Gasteiger partial charge < -0.3 is 19.5 Å². The molecule has 1 aliphatic heterocycles. The van der Waals surface area contributed by atoms with Gasteiger partial charge in [0, 0.05) is 40.9 Å². The number of rotatable bonds is 5. The second-order valence-electron chi connectivity index (χ2n) is 9.79. The summed E-state index contributed by atoms with van der Waals surface area (Å²) >= 11 is 6.24. The molecule has 0 unspecified atom stereocenters. The zero-order valence-corrected chi connectivity index (χ0v) is 19.8. The standard InChI is InChI=1S/C25H27ClN4O3/c1-24(2,3)33-23(32)28-10-11-29-18(13-16-12-17(26)4-5-20(16)29)15-30-21-14-27-9-6-19(21)25(7-8-25)22(30)31/h4-6,9,12-14H,7-8,10-11,15H2,1-3H3,(H,28,32). The van der Waals surface area contributed by atoms with Crippen molar-refractivity contribution in [3.63, 3.8) is 0 Å². The van der Waals surface area contributed by atoms with E-state index in [0.29, 0.717) is 24.7 Å². The number of carbonyl (C=O) groups excluding carboxylic acids is 2. The number of hydrogen-bond donors (Lipinski definition) is 1. The molecule has 172 valence electrons. The third kappa shape index (κ3) is 3.95. The summed E-state index contributed by atoms with van der Waals surface area (Å²) in [5.41, 5.74) is 3.03. The number of pyridine rings is 1. The third-order valence-corrected chi connectivity index (χ3v) is 6.52. The van der Waals surface area contributed by atoms with Crippen molar-refractivity contribution < 1.29 is 14.3 Å². The summed E-state index contributed by atoms with van der Waals surface area (Å²) in [5, 5.41) is 4.47. The molecular formula is C25H27ClN4O3. The molecule has 1 fully saturated rings. The van der Waals surface area contributed by atoms with Crippen LogP contribution in [0.15, 0.2) is 42.7 Å². The number of anilines is 1. The van der Waals surface area contributed by atoms with Gasteiger partial charge in [0.2, 0.25) is 5.91 Å². The van der Waals surface area contributed by atoms with Crippen LogP contribution in [0.2, 0.25) is 5.02 Å². The van der Waals surface area contributed by atoms with Gasteiger partial charge in [-0.2, -0.15) is 0 Å². The van der Waals surface area contributed by atoms with Gasteiger partial charge in [0.15, 0.2) is 0 Å². The number of nitrogens with zero attached hydrogens (tertiary/aromatic N) is 3. The molecule has 0 bridgehead atoms. The van der Waals surface area contributed by atoms with Crippen LogP contribution >= 0.6 is 11.6 Å². The van der Waals surface area contributed by atoms with Crippen LogP contribution in [0.25, 0.3) is 10.9 Å². The first-order valence-corrected chi connectivity index (χ1v) is 11.6. The van der Waals surface area contributed by atoms with Crippen LogP contribution in [0.3, 0.4) is 0 Å². The average Bonchev–Trinajstić information content (AvgIpc) is 3.44. The molecule has 2 amide bonds. The lowest BCUT2D eigenvalue weighted by Gasteiger charge is -2.21. The third-order valence-electron chi connectivity index (χ3n) is 6.28. The van der Waals surface area contributed by atoms with E-state index in [4.69, 9.17) is 16.3 Å². The number of nitrogens with one attached hydrogen (secondary N) is 1. The van der Waals surface area contributed by atoms with Crippen molar-refractivity contribution in [3.8, 4) is 0 Å². The molecular weight excluding hydrogens is 440 g/mol. The highest BCUT2D eigenvalue weighted by molar-refractivity contribution is 6.31. The zero-order valence-electron chi connectivity index (χ0n) is 19.0. The second-order valence-corrected chi connectivity index (χ2v) is 10.2. The molecule has 3 heterocycles. The van der Waals surface area contributed by atoms with Crippen LogP contribution in [0.4, 0.5) is 10.5 Å². The van der Waals surface area contributed by atoms with Crippen molar-refractivity contribution in [2.75, 3.05) is 11.4 Å². The van der Waals surface area contributed by atoms with Gasteiger partial charge in [-0.1, -0.05) is 11.6 Å². The summed E-state index contributed by atoms with van der Waals surface area (Å²) in [6.07, 6.45) is 4.87. The van der Waals surface area contributed by atoms with Crippen LogP contribution < -0.4 is 10.2 Å². The maximum absolute atomic E-state index is 13.4. The number of benzene rings is 1. The van der Waals surface area contributed by atoms with Crippen LogP contribution in [-0.4, -0.2) is 33.7 Å². The first-order chi connectivity index (χ1) is 15.7. The number of fused-ring (bicyclic) bond motifs is 3. The Labute approximate surface area is 197 Å². The van der Waals surface area contributed by atoms with Gasteiger partial charge in [-0.05, 0) is 69.5 Å². The van der Waals surface area contributed by atoms with Crippen LogP contribution in [0, 0.1) is 0 Å². The molecule has 2 aromatic heterocycles. The van der Waals surface area contributed by atoms with E-state index in [2.05, 4.69) is 20.9 Å². The van der Waals surface area contributed by atoms with Gasteiger partial charge in [0.1, 0.15) is 5.60 Å². The lowest BCUT2D eigenvalue weighted by atomic mass is 9.99. The second kappa shape index (κ2) is 7.76. The monoisotopic (exact) mass is 466 g/mol. The summed E-state index contributed by atoms with van der Waals surface area (Å²) in [5.74, 6) is 0.146. The molecule has 1 aliphatic carbocycles. The first-order valence-electron chi connectivity index (χ1n) is 11.2. The Bertz CT molecular complexity index is 1260. The van der Waals surface area contributed by atoms with Crippen LogP contribution in [0.1, 0.15) is 44.9 Å². The van der Waals surface area contributed by atoms with E-state index >= 15 is 0 Å². The molecule has 33 heavy (non-hydrogen) atoms. The molecule has 0 radical (unpaired) electrons. The first kappa shape index (κ1) is 21.8. The molecule has 1 aromatic carbocycles.